The molecule has 1 fully saturated rings. The van der Waals surface area contributed by atoms with Crippen LogP contribution in [0.2, 0.25) is 5.02 Å². The van der Waals surface area contributed by atoms with E-state index in [1.165, 1.54) is 0 Å². The Morgan fingerprint density at radius 2 is 1.94 bits per heavy atom. The van der Waals surface area contributed by atoms with Gasteiger partial charge in [-0.2, -0.15) is 0 Å². The zero-order valence-corrected chi connectivity index (χ0v) is 11.0. The molecular formula is C13H15Cl2NO. The molecule has 1 aromatic rings. The minimum atomic E-state index is -0.127. The van der Waals surface area contributed by atoms with Crippen LogP contribution in [0.3, 0.4) is 0 Å². The quantitative estimate of drug-likeness (QED) is 0.786. The number of benzene rings is 1. The third kappa shape index (κ3) is 1.99. The van der Waals surface area contributed by atoms with E-state index in [4.69, 9.17) is 11.6 Å². The normalized spacial score (nSPS) is 21.1. The van der Waals surface area contributed by atoms with Crippen molar-refractivity contribution < 1.29 is 4.79 Å². The van der Waals surface area contributed by atoms with Crippen molar-refractivity contribution in [3.63, 3.8) is 0 Å². The lowest BCUT2D eigenvalue weighted by Crippen LogP contribution is -2.40. The molecule has 3 rings (SSSR count). The topological polar surface area (TPSA) is 29.1 Å². The van der Waals surface area contributed by atoms with Gasteiger partial charge in [-0.15, -0.1) is 12.4 Å². The predicted molar refractivity (Wildman–Crippen MR) is 71.3 cm³/mol. The molecule has 1 heterocycles. The summed E-state index contributed by atoms with van der Waals surface area (Å²) in [5.74, 6) is 0.334. The molecule has 4 heteroatoms. The lowest BCUT2D eigenvalue weighted by Gasteiger charge is -2.31. The summed E-state index contributed by atoms with van der Waals surface area (Å²) >= 11 is 5.97. The Morgan fingerprint density at radius 1 is 1.24 bits per heavy atom. The molecule has 1 spiro atoms. The highest BCUT2D eigenvalue weighted by atomic mass is 35.5. The zero-order valence-electron chi connectivity index (χ0n) is 9.46. The van der Waals surface area contributed by atoms with E-state index in [-0.39, 0.29) is 17.8 Å². The van der Waals surface area contributed by atoms with Crippen LogP contribution in [0.5, 0.6) is 0 Å². The second-order valence-electron chi connectivity index (χ2n) is 4.84. The van der Waals surface area contributed by atoms with Crippen molar-refractivity contribution in [2.75, 3.05) is 13.1 Å². The Morgan fingerprint density at radius 3 is 2.65 bits per heavy atom. The third-order valence-corrected chi connectivity index (χ3v) is 4.12. The van der Waals surface area contributed by atoms with Crippen LogP contribution in [-0.4, -0.2) is 18.9 Å². The van der Waals surface area contributed by atoms with Crippen molar-refractivity contribution in [3.8, 4) is 0 Å². The highest BCUT2D eigenvalue weighted by Crippen LogP contribution is 2.43. The number of piperidine rings is 1. The van der Waals surface area contributed by atoms with Crippen LogP contribution in [0.1, 0.15) is 28.8 Å². The van der Waals surface area contributed by atoms with E-state index in [0.717, 1.165) is 48.5 Å². The van der Waals surface area contributed by atoms with Gasteiger partial charge in [0.25, 0.3) is 0 Å². The SMILES string of the molecule is Cl.O=C1c2ccc(Cl)cc2CC12CCNCC2. The summed E-state index contributed by atoms with van der Waals surface area (Å²) in [5, 5.41) is 4.05. The van der Waals surface area contributed by atoms with Crippen LogP contribution in [-0.2, 0) is 6.42 Å². The minimum absolute atomic E-state index is 0. The molecule has 0 saturated carbocycles. The van der Waals surface area contributed by atoms with Gasteiger partial charge in [0.1, 0.15) is 0 Å². The average Bonchev–Trinajstić information content (AvgIpc) is 2.53. The van der Waals surface area contributed by atoms with Crippen molar-refractivity contribution in [1.82, 2.24) is 5.32 Å². The predicted octanol–water partition coefficient (Wildman–Crippen LogP) is 2.87. The van der Waals surface area contributed by atoms with Gasteiger partial charge in [-0.05, 0) is 56.1 Å². The van der Waals surface area contributed by atoms with Gasteiger partial charge in [-0.1, -0.05) is 11.6 Å². The summed E-state index contributed by atoms with van der Waals surface area (Å²) < 4.78 is 0. The summed E-state index contributed by atoms with van der Waals surface area (Å²) in [4.78, 5) is 12.4. The Labute approximate surface area is 112 Å². The van der Waals surface area contributed by atoms with Crippen LogP contribution in [0.25, 0.3) is 0 Å². The molecular weight excluding hydrogens is 257 g/mol. The Bertz CT molecular complexity index is 453. The lowest BCUT2D eigenvalue weighted by molar-refractivity contribution is 0.0762. The Balaban J connectivity index is 0.00000108. The van der Waals surface area contributed by atoms with E-state index >= 15 is 0 Å². The van der Waals surface area contributed by atoms with Gasteiger partial charge >= 0.3 is 0 Å². The molecule has 2 aliphatic rings. The number of carbonyl (C=O) groups excluding carboxylic acids is 1. The fraction of sp³-hybridized carbons (Fsp3) is 0.462. The number of ketones is 1. The number of Topliss-reactive ketones (excluding diaryl/α,β-unsaturated/α-hetero) is 1. The Hall–Kier alpha value is -0.570. The van der Waals surface area contributed by atoms with Crippen molar-refractivity contribution >= 4 is 29.8 Å². The van der Waals surface area contributed by atoms with Crippen LogP contribution in [0.4, 0.5) is 0 Å². The van der Waals surface area contributed by atoms with E-state index in [9.17, 15) is 4.79 Å². The van der Waals surface area contributed by atoms with Crippen LogP contribution < -0.4 is 5.32 Å². The maximum absolute atomic E-state index is 12.4. The fourth-order valence-electron chi connectivity index (χ4n) is 2.97. The van der Waals surface area contributed by atoms with Gasteiger partial charge in [-0.3, -0.25) is 4.79 Å². The number of hydrogen-bond acceptors (Lipinski definition) is 2. The van der Waals surface area contributed by atoms with Gasteiger partial charge < -0.3 is 5.32 Å². The molecule has 92 valence electrons. The molecule has 0 bridgehead atoms. The smallest absolute Gasteiger partial charge is 0.169 e. The van der Waals surface area contributed by atoms with Crippen LogP contribution in [0, 0.1) is 5.41 Å². The second-order valence-corrected chi connectivity index (χ2v) is 5.27. The number of fused-ring (bicyclic) bond motifs is 1. The number of nitrogens with one attached hydrogen (secondary N) is 1. The lowest BCUT2D eigenvalue weighted by atomic mass is 9.75. The summed E-state index contributed by atoms with van der Waals surface area (Å²) in [5.41, 5.74) is 1.91. The molecule has 0 radical (unpaired) electrons. The largest absolute Gasteiger partial charge is 0.317 e. The number of rotatable bonds is 0. The summed E-state index contributed by atoms with van der Waals surface area (Å²) in [7, 11) is 0. The first-order valence-electron chi connectivity index (χ1n) is 5.75. The minimum Gasteiger partial charge on any atom is -0.317 e. The van der Waals surface area contributed by atoms with Gasteiger partial charge in [0, 0.05) is 16.0 Å². The van der Waals surface area contributed by atoms with Gasteiger partial charge in [0.05, 0.1) is 0 Å². The van der Waals surface area contributed by atoms with Gasteiger partial charge in [0.15, 0.2) is 5.78 Å². The molecule has 17 heavy (non-hydrogen) atoms. The van der Waals surface area contributed by atoms with Gasteiger partial charge in [-0.25, -0.2) is 0 Å². The van der Waals surface area contributed by atoms with E-state index in [1.807, 2.05) is 18.2 Å². The standard InChI is InChI=1S/C13H14ClNO.ClH/c14-10-1-2-11-9(7-10)8-13(12(11)16)3-5-15-6-4-13;/h1-2,7,15H,3-6,8H2;1H. The number of carbonyl (C=O) groups is 1. The van der Waals surface area contributed by atoms with E-state index in [0.29, 0.717) is 5.78 Å². The van der Waals surface area contributed by atoms with Crippen molar-refractivity contribution in [2.45, 2.75) is 19.3 Å². The van der Waals surface area contributed by atoms with Crippen molar-refractivity contribution in [2.24, 2.45) is 5.41 Å². The first kappa shape index (κ1) is 12.9. The molecule has 1 aliphatic heterocycles. The molecule has 1 saturated heterocycles. The molecule has 2 nitrogen and oxygen atoms in total. The highest BCUT2D eigenvalue weighted by Gasteiger charge is 2.45. The maximum atomic E-state index is 12.4. The van der Waals surface area contributed by atoms with E-state index in [1.54, 1.807) is 0 Å². The van der Waals surface area contributed by atoms with Crippen LogP contribution >= 0.6 is 24.0 Å². The fourth-order valence-corrected chi connectivity index (χ4v) is 3.16. The number of halogens is 2. The first-order valence-corrected chi connectivity index (χ1v) is 6.13. The number of hydrogen-bond donors (Lipinski definition) is 1. The van der Waals surface area contributed by atoms with E-state index in [2.05, 4.69) is 5.32 Å². The molecule has 1 aromatic carbocycles. The van der Waals surface area contributed by atoms with Crippen molar-refractivity contribution in [3.05, 3.63) is 34.3 Å². The Kier molecular flexibility index (Phi) is 3.48. The van der Waals surface area contributed by atoms with Gasteiger partial charge in [0.2, 0.25) is 0 Å². The molecule has 0 aromatic heterocycles. The first-order chi connectivity index (χ1) is 7.71. The molecule has 0 atom stereocenters. The monoisotopic (exact) mass is 271 g/mol. The summed E-state index contributed by atoms with van der Waals surface area (Å²) in [6.07, 6.45) is 2.79. The average molecular weight is 272 g/mol. The highest BCUT2D eigenvalue weighted by molar-refractivity contribution is 6.30. The van der Waals surface area contributed by atoms with E-state index < -0.39 is 0 Å². The summed E-state index contributed by atoms with van der Waals surface area (Å²) in [6, 6.07) is 5.65. The second kappa shape index (κ2) is 4.60. The van der Waals surface area contributed by atoms with Crippen molar-refractivity contribution in [1.29, 1.82) is 0 Å². The molecule has 1 N–H and O–H groups in total. The zero-order chi connectivity index (χ0) is 11.2. The van der Waals surface area contributed by atoms with Crippen LogP contribution in [0.15, 0.2) is 18.2 Å². The third-order valence-electron chi connectivity index (χ3n) is 3.88. The molecule has 0 amide bonds. The summed E-state index contributed by atoms with van der Waals surface area (Å²) in [6.45, 7) is 1.90. The maximum Gasteiger partial charge on any atom is 0.169 e. The molecule has 1 aliphatic carbocycles. The molecule has 0 unspecified atom stereocenters.